The van der Waals surface area contributed by atoms with Crippen LogP contribution in [-0.2, 0) is 14.9 Å². The van der Waals surface area contributed by atoms with Crippen molar-refractivity contribution in [3.8, 4) is 0 Å². The topological polar surface area (TPSA) is 97.5 Å². The molecule has 0 aromatic heterocycles. The Morgan fingerprint density at radius 2 is 1.75 bits per heavy atom. The standard InChI is InChI=1S/C10H11NO4S/c1-7(10(11)12)9(16(13,14)15)8-5-3-2-4-6-8/h2-6H,1H3,(H2,11,12)(H,13,14,15)/b9-7+. The zero-order valence-corrected chi connectivity index (χ0v) is 9.36. The Morgan fingerprint density at radius 3 is 2.12 bits per heavy atom. The second kappa shape index (κ2) is 4.46. The molecule has 1 aromatic rings. The number of primary amides is 1. The van der Waals surface area contributed by atoms with Gasteiger partial charge in [-0.05, 0) is 12.5 Å². The molecule has 0 radical (unpaired) electrons. The summed E-state index contributed by atoms with van der Waals surface area (Å²) in [6.07, 6.45) is 0. The third-order valence-corrected chi connectivity index (χ3v) is 3.06. The van der Waals surface area contributed by atoms with Crippen molar-refractivity contribution in [2.45, 2.75) is 6.92 Å². The quantitative estimate of drug-likeness (QED) is 0.603. The lowest BCUT2D eigenvalue weighted by atomic mass is 10.1. The van der Waals surface area contributed by atoms with Gasteiger partial charge in [-0.25, -0.2) is 0 Å². The molecular weight excluding hydrogens is 230 g/mol. The SMILES string of the molecule is C/C(C(N)=O)=C(/c1ccccc1)S(=O)(=O)O. The predicted molar refractivity (Wildman–Crippen MR) is 59.8 cm³/mol. The summed E-state index contributed by atoms with van der Waals surface area (Å²) in [6.45, 7) is 1.25. The average molecular weight is 241 g/mol. The van der Waals surface area contributed by atoms with E-state index in [2.05, 4.69) is 0 Å². The van der Waals surface area contributed by atoms with Crippen molar-refractivity contribution in [3.05, 3.63) is 41.5 Å². The molecule has 1 aromatic carbocycles. The highest BCUT2D eigenvalue weighted by Gasteiger charge is 2.21. The van der Waals surface area contributed by atoms with Crippen LogP contribution < -0.4 is 5.73 Å². The van der Waals surface area contributed by atoms with E-state index in [1.807, 2.05) is 0 Å². The maximum atomic E-state index is 11.2. The van der Waals surface area contributed by atoms with Crippen LogP contribution in [0.3, 0.4) is 0 Å². The summed E-state index contributed by atoms with van der Waals surface area (Å²) in [6, 6.07) is 7.80. The number of amides is 1. The molecule has 0 bridgehead atoms. The van der Waals surface area contributed by atoms with Gasteiger partial charge in [-0.1, -0.05) is 30.3 Å². The molecule has 0 spiro atoms. The highest BCUT2D eigenvalue weighted by Crippen LogP contribution is 2.23. The lowest BCUT2D eigenvalue weighted by molar-refractivity contribution is -0.114. The van der Waals surface area contributed by atoms with Crippen LogP contribution in [0.1, 0.15) is 12.5 Å². The van der Waals surface area contributed by atoms with Crippen molar-refractivity contribution < 1.29 is 17.8 Å². The molecule has 1 rings (SSSR count). The monoisotopic (exact) mass is 241 g/mol. The Balaban J connectivity index is 3.53. The number of benzene rings is 1. The van der Waals surface area contributed by atoms with Crippen molar-refractivity contribution in [2.75, 3.05) is 0 Å². The smallest absolute Gasteiger partial charge is 0.295 e. The fraction of sp³-hybridized carbons (Fsp3) is 0.100. The average Bonchev–Trinajstić information content (AvgIpc) is 2.17. The van der Waals surface area contributed by atoms with Gasteiger partial charge >= 0.3 is 0 Å². The molecule has 5 nitrogen and oxygen atoms in total. The molecule has 6 heteroatoms. The van der Waals surface area contributed by atoms with Crippen LogP contribution in [0, 0.1) is 0 Å². The van der Waals surface area contributed by atoms with E-state index >= 15 is 0 Å². The van der Waals surface area contributed by atoms with E-state index in [1.54, 1.807) is 18.2 Å². The number of carbonyl (C=O) groups is 1. The molecular formula is C10H11NO4S. The summed E-state index contributed by atoms with van der Waals surface area (Å²) in [7, 11) is -4.48. The first-order valence-corrected chi connectivity index (χ1v) is 5.81. The molecule has 86 valence electrons. The minimum Gasteiger partial charge on any atom is -0.366 e. The highest BCUT2D eigenvalue weighted by molar-refractivity contribution is 7.95. The molecule has 0 atom stereocenters. The van der Waals surface area contributed by atoms with E-state index in [9.17, 15) is 13.2 Å². The molecule has 0 unspecified atom stereocenters. The van der Waals surface area contributed by atoms with Gasteiger partial charge in [0, 0.05) is 5.57 Å². The Kier molecular flexibility index (Phi) is 3.46. The summed E-state index contributed by atoms with van der Waals surface area (Å²) < 4.78 is 31.4. The van der Waals surface area contributed by atoms with Gasteiger partial charge in [-0.2, -0.15) is 8.42 Å². The molecule has 1 amide bonds. The Labute approximate surface area is 93.3 Å². The van der Waals surface area contributed by atoms with Crippen LogP contribution in [0.4, 0.5) is 0 Å². The summed E-state index contributed by atoms with van der Waals surface area (Å²) >= 11 is 0. The number of hydrogen-bond acceptors (Lipinski definition) is 3. The van der Waals surface area contributed by atoms with Gasteiger partial charge in [0.15, 0.2) is 0 Å². The second-order valence-corrected chi connectivity index (χ2v) is 4.52. The van der Waals surface area contributed by atoms with Gasteiger partial charge in [0.2, 0.25) is 5.91 Å². The highest BCUT2D eigenvalue weighted by atomic mass is 32.2. The molecule has 0 saturated heterocycles. The predicted octanol–water partition coefficient (Wildman–Crippen LogP) is 0.791. The van der Waals surface area contributed by atoms with Crippen LogP contribution >= 0.6 is 0 Å². The maximum Gasteiger partial charge on any atom is 0.295 e. The van der Waals surface area contributed by atoms with Crippen molar-refractivity contribution >= 4 is 20.9 Å². The zero-order chi connectivity index (χ0) is 12.3. The van der Waals surface area contributed by atoms with E-state index in [0.29, 0.717) is 0 Å². The largest absolute Gasteiger partial charge is 0.366 e. The summed E-state index contributed by atoms with van der Waals surface area (Å²) in [5, 5.41) is 0. The first kappa shape index (κ1) is 12.4. The van der Waals surface area contributed by atoms with Gasteiger partial charge in [-0.3, -0.25) is 9.35 Å². The molecule has 0 aliphatic heterocycles. The van der Waals surface area contributed by atoms with Gasteiger partial charge in [0.25, 0.3) is 10.1 Å². The minimum absolute atomic E-state index is 0.200. The van der Waals surface area contributed by atoms with Crippen LogP contribution in [0.25, 0.3) is 4.91 Å². The van der Waals surface area contributed by atoms with E-state index in [-0.39, 0.29) is 11.1 Å². The number of nitrogens with two attached hydrogens (primary N) is 1. The second-order valence-electron chi connectivity index (χ2n) is 3.16. The van der Waals surface area contributed by atoms with Crippen LogP contribution in [-0.4, -0.2) is 18.9 Å². The summed E-state index contributed by atoms with van der Waals surface area (Å²) in [4.78, 5) is 10.5. The molecule has 3 N–H and O–H groups in total. The number of rotatable bonds is 3. The molecule has 0 aliphatic carbocycles. The first-order valence-electron chi connectivity index (χ1n) is 4.37. The number of hydrogen-bond donors (Lipinski definition) is 2. The van der Waals surface area contributed by atoms with Crippen molar-refractivity contribution in [1.82, 2.24) is 0 Å². The van der Waals surface area contributed by atoms with Crippen LogP contribution in [0.15, 0.2) is 35.9 Å². The van der Waals surface area contributed by atoms with Crippen molar-refractivity contribution in [3.63, 3.8) is 0 Å². The summed E-state index contributed by atoms with van der Waals surface area (Å²) in [5.41, 5.74) is 5.02. The minimum atomic E-state index is -4.48. The number of carbonyl (C=O) groups excluding carboxylic acids is 1. The molecule has 16 heavy (non-hydrogen) atoms. The van der Waals surface area contributed by atoms with E-state index < -0.39 is 20.9 Å². The third kappa shape index (κ3) is 2.68. The maximum absolute atomic E-state index is 11.2. The zero-order valence-electron chi connectivity index (χ0n) is 8.54. The van der Waals surface area contributed by atoms with E-state index in [0.717, 1.165) is 0 Å². The first-order chi connectivity index (χ1) is 7.34. The lowest BCUT2D eigenvalue weighted by Gasteiger charge is -2.07. The normalized spacial score (nSPS) is 13.1. The fourth-order valence-corrected chi connectivity index (χ4v) is 2.18. The molecule has 0 aliphatic rings. The van der Waals surface area contributed by atoms with Gasteiger partial charge < -0.3 is 5.73 Å². The van der Waals surface area contributed by atoms with Gasteiger partial charge in [0.05, 0.1) is 0 Å². The fourth-order valence-electron chi connectivity index (χ4n) is 1.26. The summed E-state index contributed by atoms with van der Waals surface area (Å²) in [5.74, 6) is -0.892. The van der Waals surface area contributed by atoms with Gasteiger partial charge in [0.1, 0.15) is 4.91 Å². The molecule has 0 fully saturated rings. The van der Waals surface area contributed by atoms with Gasteiger partial charge in [-0.15, -0.1) is 0 Å². The van der Waals surface area contributed by atoms with E-state index in [1.165, 1.54) is 19.1 Å². The Bertz CT molecular complexity index is 531. The van der Waals surface area contributed by atoms with Crippen molar-refractivity contribution in [2.24, 2.45) is 5.73 Å². The van der Waals surface area contributed by atoms with Crippen LogP contribution in [0.2, 0.25) is 0 Å². The Hall–Kier alpha value is -1.66. The molecule has 0 heterocycles. The van der Waals surface area contributed by atoms with Crippen LogP contribution in [0.5, 0.6) is 0 Å². The lowest BCUT2D eigenvalue weighted by Crippen LogP contribution is -2.16. The van der Waals surface area contributed by atoms with Crippen molar-refractivity contribution in [1.29, 1.82) is 0 Å². The molecule has 0 saturated carbocycles. The van der Waals surface area contributed by atoms with E-state index in [4.69, 9.17) is 10.3 Å². The third-order valence-electron chi connectivity index (χ3n) is 2.00. The Morgan fingerprint density at radius 1 is 1.25 bits per heavy atom.